The molecule has 1 amide bonds. The summed E-state index contributed by atoms with van der Waals surface area (Å²) in [5.74, 6) is 1.11. The van der Waals surface area contributed by atoms with Crippen molar-refractivity contribution < 1.29 is 9.53 Å². The van der Waals surface area contributed by atoms with Crippen LogP contribution in [-0.2, 0) is 9.53 Å². The van der Waals surface area contributed by atoms with Gasteiger partial charge in [-0.1, -0.05) is 5.21 Å². The molecule has 1 aromatic heterocycles. The molecule has 0 radical (unpaired) electrons. The SMILES string of the molecule is O=C(C1CCOCC1)N1CCC(n2cc(C3CC3)nn2)C1. The van der Waals surface area contributed by atoms with Gasteiger partial charge >= 0.3 is 0 Å². The fourth-order valence-electron chi connectivity index (χ4n) is 3.40. The molecule has 3 heterocycles. The van der Waals surface area contributed by atoms with Crippen molar-refractivity contribution >= 4 is 5.91 Å². The molecule has 2 saturated heterocycles. The van der Waals surface area contributed by atoms with Crippen LogP contribution in [0.25, 0.3) is 0 Å². The summed E-state index contributed by atoms with van der Waals surface area (Å²) in [7, 11) is 0. The number of carbonyl (C=O) groups excluding carboxylic acids is 1. The number of nitrogens with zero attached hydrogens (tertiary/aromatic N) is 4. The lowest BCUT2D eigenvalue weighted by Crippen LogP contribution is -2.37. The largest absolute Gasteiger partial charge is 0.381 e. The van der Waals surface area contributed by atoms with E-state index in [1.165, 1.54) is 12.8 Å². The van der Waals surface area contributed by atoms with Gasteiger partial charge < -0.3 is 9.64 Å². The number of hydrogen-bond donors (Lipinski definition) is 0. The van der Waals surface area contributed by atoms with Gasteiger partial charge in [0, 0.05) is 44.3 Å². The van der Waals surface area contributed by atoms with Crippen LogP contribution in [0.5, 0.6) is 0 Å². The number of hydrogen-bond acceptors (Lipinski definition) is 4. The molecule has 1 atom stereocenters. The van der Waals surface area contributed by atoms with Crippen LogP contribution in [0.15, 0.2) is 6.20 Å². The van der Waals surface area contributed by atoms with Crippen LogP contribution in [0.4, 0.5) is 0 Å². The van der Waals surface area contributed by atoms with E-state index in [9.17, 15) is 4.79 Å². The fraction of sp³-hybridized carbons (Fsp3) is 0.800. The zero-order valence-electron chi connectivity index (χ0n) is 12.3. The second-order valence-electron chi connectivity index (χ2n) is 6.51. The topological polar surface area (TPSA) is 60.2 Å². The van der Waals surface area contributed by atoms with Crippen LogP contribution in [0.3, 0.4) is 0 Å². The molecule has 3 fully saturated rings. The van der Waals surface area contributed by atoms with Gasteiger partial charge in [-0.2, -0.15) is 0 Å². The van der Waals surface area contributed by atoms with Crippen LogP contribution in [0, 0.1) is 5.92 Å². The van der Waals surface area contributed by atoms with E-state index in [1.807, 2.05) is 9.58 Å². The Bertz CT molecular complexity index is 519. The predicted octanol–water partition coefficient (Wildman–Crippen LogP) is 1.36. The first kappa shape index (κ1) is 13.2. The van der Waals surface area contributed by atoms with Crippen LogP contribution in [-0.4, -0.2) is 52.1 Å². The Morgan fingerprint density at radius 2 is 2.00 bits per heavy atom. The molecule has 114 valence electrons. The minimum Gasteiger partial charge on any atom is -0.381 e. The average Bonchev–Trinajstić information content (AvgIpc) is 3.07. The zero-order valence-corrected chi connectivity index (χ0v) is 12.3. The number of carbonyl (C=O) groups is 1. The maximum Gasteiger partial charge on any atom is 0.225 e. The number of rotatable bonds is 3. The van der Waals surface area contributed by atoms with Crippen LogP contribution >= 0.6 is 0 Å². The van der Waals surface area contributed by atoms with Crippen LogP contribution in [0.2, 0.25) is 0 Å². The second kappa shape index (κ2) is 5.40. The first-order valence-corrected chi connectivity index (χ1v) is 8.09. The molecule has 0 N–H and O–H groups in total. The molecular weight excluding hydrogens is 268 g/mol. The van der Waals surface area contributed by atoms with E-state index >= 15 is 0 Å². The van der Waals surface area contributed by atoms with E-state index in [2.05, 4.69) is 16.5 Å². The molecule has 1 unspecified atom stereocenters. The van der Waals surface area contributed by atoms with Crippen molar-refractivity contribution in [2.45, 2.75) is 44.1 Å². The molecule has 0 aromatic carbocycles. The molecule has 0 spiro atoms. The lowest BCUT2D eigenvalue weighted by atomic mass is 9.99. The maximum atomic E-state index is 12.5. The Labute approximate surface area is 124 Å². The van der Waals surface area contributed by atoms with Crippen molar-refractivity contribution in [2.75, 3.05) is 26.3 Å². The zero-order chi connectivity index (χ0) is 14.2. The second-order valence-corrected chi connectivity index (χ2v) is 6.51. The Kier molecular flexibility index (Phi) is 3.41. The third-order valence-corrected chi connectivity index (χ3v) is 4.94. The van der Waals surface area contributed by atoms with E-state index in [0.29, 0.717) is 17.9 Å². The number of ether oxygens (including phenoxy) is 1. The first-order chi connectivity index (χ1) is 10.3. The van der Waals surface area contributed by atoms with Gasteiger partial charge in [0.2, 0.25) is 5.91 Å². The van der Waals surface area contributed by atoms with Gasteiger partial charge in [-0.25, -0.2) is 4.68 Å². The molecule has 3 aliphatic rings. The standard InChI is InChI=1S/C15H22N4O2/c20-15(12-4-7-21-8-5-12)18-6-3-13(9-18)19-10-14(16-17-19)11-1-2-11/h10-13H,1-9H2. The normalized spacial score (nSPS) is 27.2. The van der Waals surface area contributed by atoms with E-state index in [4.69, 9.17) is 4.74 Å². The summed E-state index contributed by atoms with van der Waals surface area (Å²) in [5.41, 5.74) is 1.13. The predicted molar refractivity (Wildman–Crippen MR) is 75.8 cm³/mol. The molecule has 6 nitrogen and oxygen atoms in total. The third-order valence-electron chi connectivity index (χ3n) is 4.94. The molecule has 2 aliphatic heterocycles. The Balaban J connectivity index is 1.38. The maximum absolute atomic E-state index is 12.5. The van der Waals surface area contributed by atoms with Crippen molar-refractivity contribution in [1.29, 1.82) is 0 Å². The number of aromatic nitrogens is 3. The van der Waals surface area contributed by atoms with Gasteiger partial charge in [0.25, 0.3) is 0 Å². The fourth-order valence-corrected chi connectivity index (χ4v) is 3.40. The van der Waals surface area contributed by atoms with Gasteiger partial charge in [-0.3, -0.25) is 4.79 Å². The smallest absolute Gasteiger partial charge is 0.225 e. The lowest BCUT2D eigenvalue weighted by Gasteiger charge is -2.26. The van der Waals surface area contributed by atoms with Crippen molar-refractivity contribution in [1.82, 2.24) is 19.9 Å². The monoisotopic (exact) mass is 290 g/mol. The summed E-state index contributed by atoms with van der Waals surface area (Å²) in [6, 6.07) is 0.300. The first-order valence-electron chi connectivity index (χ1n) is 8.09. The quantitative estimate of drug-likeness (QED) is 0.843. The highest BCUT2D eigenvalue weighted by atomic mass is 16.5. The average molecular weight is 290 g/mol. The summed E-state index contributed by atoms with van der Waals surface area (Å²) in [5, 5.41) is 8.55. The summed E-state index contributed by atoms with van der Waals surface area (Å²) in [4.78, 5) is 14.5. The van der Waals surface area contributed by atoms with Gasteiger partial charge in [0.15, 0.2) is 0 Å². The van der Waals surface area contributed by atoms with E-state index in [0.717, 1.165) is 51.3 Å². The van der Waals surface area contributed by atoms with Gasteiger partial charge in [-0.05, 0) is 32.1 Å². The highest BCUT2D eigenvalue weighted by Gasteiger charge is 2.34. The highest BCUT2D eigenvalue weighted by molar-refractivity contribution is 5.79. The van der Waals surface area contributed by atoms with Gasteiger partial charge in [0.1, 0.15) is 0 Å². The molecule has 1 saturated carbocycles. The van der Waals surface area contributed by atoms with Gasteiger partial charge in [0.05, 0.1) is 11.7 Å². The van der Waals surface area contributed by atoms with E-state index in [-0.39, 0.29) is 5.92 Å². The van der Waals surface area contributed by atoms with Crippen molar-refractivity contribution in [2.24, 2.45) is 5.92 Å². The Morgan fingerprint density at radius 1 is 1.19 bits per heavy atom. The Hall–Kier alpha value is -1.43. The van der Waals surface area contributed by atoms with Crippen molar-refractivity contribution in [3.63, 3.8) is 0 Å². The lowest BCUT2D eigenvalue weighted by molar-refractivity contribution is -0.137. The summed E-state index contributed by atoms with van der Waals surface area (Å²) >= 11 is 0. The molecule has 21 heavy (non-hydrogen) atoms. The Morgan fingerprint density at radius 3 is 2.76 bits per heavy atom. The van der Waals surface area contributed by atoms with Crippen LogP contribution in [0.1, 0.15) is 49.8 Å². The summed E-state index contributed by atoms with van der Waals surface area (Å²) in [6.45, 7) is 3.08. The van der Waals surface area contributed by atoms with E-state index in [1.54, 1.807) is 0 Å². The number of likely N-dealkylation sites (tertiary alicyclic amines) is 1. The minimum atomic E-state index is 0.162. The molecule has 4 rings (SSSR count). The summed E-state index contributed by atoms with van der Waals surface area (Å²) < 4.78 is 7.32. The van der Waals surface area contributed by atoms with E-state index < -0.39 is 0 Å². The molecule has 0 bridgehead atoms. The molecule has 1 aromatic rings. The summed E-state index contributed by atoms with van der Waals surface area (Å²) in [6.07, 6.45) is 7.31. The van der Waals surface area contributed by atoms with Gasteiger partial charge in [-0.15, -0.1) is 5.10 Å². The number of amides is 1. The molecule has 6 heteroatoms. The molecular formula is C15H22N4O2. The highest BCUT2D eigenvalue weighted by Crippen LogP contribution is 2.39. The molecule has 1 aliphatic carbocycles. The van der Waals surface area contributed by atoms with Crippen LogP contribution < -0.4 is 0 Å². The van der Waals surface area contributed by atoms with Crippen molar-refractivity contribution in [3.8, 4) is 0 Å². The minimum absolute atomic E-state index is 0.162. The van der Waals surface area contributed by atoms with Crippen molar-refractivity contribution in [3.05, 3.63) is 11.9 Å². The third kappa shape index (κ3) is 2.69.